The van der Waals surface area contributed by atoms with E-state index in [0.717, 1.165) is 45.1 Å². The van der Waals surface area contributed by atoms with Gasteiger partial charge in [0.25, 0.3) is 0 Å². The molecular formula is C14H27N3O2S. The standard InChI is InChI=1S/C14H27N3O2S/c1-20(18,19)17-7-2-3-12(11-17)10-16-8-6-15-9-14(16)13-4-5-13/h12-15H,2-11H2,1H3. The highest BCUT2D eigenvalue weighted by molar-refractivity contribution is 7.88. The fraction of sp³-hybridized carbons (Fsp3) is 1.00. The van der Waals surface area contributed by atoms with Gasteiger partial charge in [0.05, 0.1) is 6.26 Å². The molecule has 0 amide bonds. The first-order valence-corrected chi connectivity index (χ1v) is 9.79. The van der Waals surface area contributed by atoms with Crippen molar-refractivity contribution in [2.75, 3.05) is 45.5 Å². The van der Waals surface area contributed by atoms with E-state index in [1.807, 2.05) is 0 Å². The first kappa shape index (κ1) is 14.8. The minimum atomic E-state index is -3.01. The highest BCUT2D eigenvalue weighted by Crippen LogP contribution is 2.36. The second-order valence-electron chi connectivity index (χ2n) is 6.73. The largest absolute Gasteiger partial charge is 0.314 e. The number of piperazine rings is 1. The lowest BCUT2D eigenvalue weighted by atomic mass is 9.97. The van der Waals surface area contributed by atoms with Gasteiger partial charge in [0.2, 0.25) is 10.0 Å². The summed E-state index contributed by atoms with van der Waals surface area (Å²) in [6.07, 6.45) is 6.28. The van der Waals surface area contributed by atoms with Crippen molar-refractivity contribution in [1.82, 2.24) is 14.5 Å². The van der Waals surface area contributed by atoms with E-state index in [4.69, 9.17) is 0 Å². The van der Waals surface area contributed by atoms with Crippen LogP contribution in [0.15, 0.2) is 0 Å². The van der Waals surface area contributed by atoms with E-state index < -0.39 is 10.0 Å². The molecule has 0 bridgehead atoms. The van der Waals surface area contributed by atoms with E-state index in [2.05, 4.69) is 10.2 Å². The van der Waals surface area contributed by atoms with Gasteiger partial charge in [-0.05, 0) is 37.5 Å². The zero-order valence-corrected chi connectivity index (χ0v) is 13.2. The normalized spacial score (nSPS) is 34.2. The molecule has 6 heteroatoms. The third-order valence-corrected chi connectivity index (χ3v) is 6.28. The number of piperidine rings is 1. The zero-order chi connectivity index (χ0) is 14.2. The molecule has 2 aliphatic heterocycles. The topological polar surface area (TPSA) is 52.7 Å². The van der Waals surface area contributed by atoms with Crippen molar-refractivity contribution >= 4 is 10.0 Å². The van der Waals surface area contributed by atoms with Crippen LogP contribution in [0, 0.1) is 11.8 Å². The van der Waals surface area contributed by atoms with Crippen LogP contribution in [0.25, 0.3) is 0 Å². The molecule has 0 spiro atoms. The molecule has 3 rings (SSSR count). The average molecular weight is 301 g/mol. The monoisotopic (exact) mass is 301 g/mol. The smallest absolute Gasteiger partial charge is 0.211 e. The van der Waals surface area contributed by atoms with Crippen molar-refractivity contribution in [2.45, 2.75) is 31.7 Å². The van der Waals surface area contributed by atoms with Crippen LogP contribution >= 0.6 is 0 Å². The number of hydrogen-bond acceptors (Lipinski definition) is 4. The third-order valence-electron chi connectivity index (χ3n) is 5.01. The van der Waals surface area contributed by atoms with Crippen LogP contribution in [0.1, 0.15) is 25.7 Å². The molecule has 0 aromatic rings. The van der Waals surface area contributed by atoms with Gasteiger partial charge in [-0.2, -0.15) is 0 Å². The van der Waals surface area contributed by atoms with Crippen LogP contribution < -0.4 is 5.32 Å². The van der Waals surface area contributed by atoms with Crippen molar-refractivity contribution < 1.29 is 8.42 Å². The van der Waals surface area contributed by atoms with E-state index in [0.29, 0.717) is 18.5 Å². The zero-order valence-electron chi connectivity index (χ0n) is 12.4. The molecule has 2 atom stereocenters. The molecule has 116 valence electrons. The van der Waals surface area contributed by atoms with Gasteiger partial charge >= 0.3 is 0 Å². The predicted octanol–water partition coefficient (Wildman–Crippen LogP) is 0.342. The Hall–Kier alpha value is -0.170. The third kappa shape index (κ3) is 3.53. The van der Waals surface area contributed by atoms with Crippen LogP contribution in [0.2, 0.25) is 0 Å². The average Bonchev–Trinajstić information content (AvgIpc) is 3.23. The van der Waals surface area contributed by atoms with Crippen LogP contribution in [0.5, 0.6) is 0 Å². The highest BCUT2D eigenvalue weighted by Gasteiger charge is 2.38. The maximum absolute atomic E-state index is 11.7. The Labute approximate surface area is 122 Å². The number of hydrogen-bond donors (Lipinski definition) is 1. The van der Waals surface area contributed by atoms with Gasteiger partial charge in [0, 0.05) is 45.3 Å². The fourth-order valence-electron chi connectivity index (χ4n) is 3.75. The summed E-state index contributed by atoms with van der Waals surface area (Å²) in [6, 6.07) is 0.692. The molecule has 20 heavy (non-hydrogen) atoms. The summed E-state index contributed by atoms with van der Waals surface area (Å²) in [5.74, 6) is 1.40. The second kappa shape index (κ2) is 5.91. The molecule has 0 radical (unpaired) electrons. The summed E-state index contributed by atoms with van der Waals surface area (Å²) < 4.78 is 25.1. The van der Waals surface area contributed by atoms with Gasteiger partial charge in [-0.3, -0.25) is 4.90 Å². The maximum atomic E-state index is 11.7. The maximum Gasteiger partial charge on any atom is 0.211 e. The van der Waals surface area contributed by atoms with Crippen molar-refractivity contribution in [3.8, 4) is 0 Å². The van der Waals surface area contributed by atoms with E-state index >= 15 is 0 Å². The Morgan fingerprint density at radius 2 is 2.00 bits per heavy atom. The van der Waals surface area contributed by atoms with Crippen molar-refractivity contribution in [1.29, 1.82) is 0 Å². The van der Waals surface area contributed by atoms with E-state index in [9.17, 15) is 8.42 Å². The fourth-order valence-corrected chi connectivity index (χ4v) is 4.69. The lowest BCUT2D eigenvalue weighted by Gasteiger charge is -2.40. The van der Waals surface area contributed by atoms with Gasteiger partial charge in [-0.1, -0.05) is 0 Å². The Morgan fingerprint density at radius 3 is 2.70 bits per heavy atom. The lowest BCUT2D eigenvalue weighted by molar-refractivity contribution is 0.103. The van der Waals surface area contributed by atoms with Gasteiger partial charge < -0.3 is 5.32 Å². The predicted molar refractivity (Wildman–Crippen MR) is 80.1 cm³/mol. The summed E-state index contributed by atoms with van der Waals surface area (Å²) in [7, 11) is -3.01. The van der Waals surface area contributed by atoms with Crippen LogP contribution in [0.3, 0.4) is 0 Å². The van der Waals surface area contributed by atoms with Crippen LogP contribution in [0.4, 0.5) is 0 Å². The highest BCUT2D eigenvalue weighted by atomic mass is 32.2. The first-order valence-electron chi connectivity index (χ1n) is 7.94. The summed E-state index contributed by atoms with van der Waals surface area (Å²) in [6.45, 7) is 5.83. The van der Waals surface area contributed by atoms with Crippen molar-refractivity contribution in [2.24, 2.45) is 11.8 Å². The SMILES string of the molecule is CS(=O)(=O)N1CCCC(CN2CCNCC2C2CC2)C1. The molecule has 2 heterocycles. The van der Waals surface area contributed by atoms with E-state index in [-0.39, 0.29) is 0 Å². The second-order valence-corrected chi connectivity index (χ2v) is 8.72. The Kier molecular flexibility index (Phi) is 4.36. The van der Waals surface area contributed by atoms with Gasteiger partial charge in [0.15, 0.2) is 0 Å². The first-order chi connectivity index (χ1) is 9.54. The minimum absolute atomic E-state index is 0.512. The molecule has 0 aromatic heterocycles. The van der Waals surface area contributed by atoms with Gasteiger partial charge in [0.1, 0.15) is 0 Å². The molecule has 3 aliphatic rings. The summed E-state index contributed by atoms with van der Waals surface area (Å²) in [5.41, 5.74) is 0. The number of rotatable bonds is 4. The summed E-state index contributed by atoms with van der Waals surface area (Å²) in [5, 5.41) is 3.51. The van der Waals surface area contributed by atoms with E-state index in [1.54, 1.807) is 4.31 Å². The molecule has 1 saturated carbocycles. The number of nitrogens with zero attached hydrogens (tertiary/aromatic N) is 2. The molecule has 2 saturated heterocycles. The molecular weight excluding hydrogens is 274 g/mol. The minimum Gasteiger partial charge on any atom is -0.314 e. The quantitative estimate of drug-likeness (QED) is 0.814. The van der Waals surface area contributed by atoms with Crippen molar-refractivity contribution in [3.63, 3.8) is 0 Å². The molecule has 0 aromatic carbocycles. The molecule has 1 aliphatic carbocycles. The van der Waals surface area contributed by atoms with Gasteiger partial charge in [-0.25, -0.2) is 12.7 Å². The summed E-state index contributed by atoms with van der Waals surface area (Å²) in [4.78, 5) is 2.63. The molecule has 1 N–H and O–H groups in total. The Morgan fingerprint density at radius 1 is 1.20 bits per heavy atom. The van der Waals surface area contributed by atoms with Crippen molar-refractivity contribution in [3.05, 3.63) is 0 Å². The molecule has 3 fully saturated rings. The Bertz CT molecular complexity index is 436. The number of nitrogens with one attached hydrogen (secondary N) is 1. The van der Waals surface area contributed by atoms with E-state index in [1.165, 1.54) is 25.5 Å². The van der Waals surface area contributed by atoms with Crippen LogP contribution in [-0.2, 0) is 10.0 Å². The Balaban J connectivity index is 1.58. The van der Waals surface area contributed by atoms with Crippen LogP contribution in [-0.4, -0.2) is 69.2 Å². The molecule has 5 nitrogen and oxygen atoms in total. The number of sulfonamides is 1. The lowest BCUT2D eigenvalue weighted by Crippen LogP contribution is -2.55. The molecule has 2 unspecified atom stereocenters. The van der Waals surface area contributed by atoms with Gasteiger partial charge in [-0.15, -0.1) is 0 Å². The summed E-state index contributed by atoms with van der Waals surface area (Å²) >= 11 is 0.